The second-order valence-corrected chi connectivity index (χ2v) is 10.1. The van der Waals surface area contributed by atoms with Gasteiger partial charge in [-0.25, -0.2) is 12.7 Å². The van der Waals surface area contributed by atoms with Crippen molar-refractivity contribution in [2.24, 2.45) is 5.92 Å². The molecule has 0 spiro atoms. The summed E-state index contributed by atoms with van der Waals surface area (Å²) in [6.07, 6.45) is 2.62. The molecule has 2 rings (SSSR count). The van der Waals surface area contributed by atoms with E-state index in [-0.39, 0.29) is 23.6 Å². The first-order valence-corrected chi connectivity index (χ1v) is 11.7. The van der Waals surface area contributed by atoms with Gasteiger partial charge in [0, 0.05) is 36.1 Å². The second-order valence-electron chi connectivity index (χ2n) is 7.13. The number of nitrogens with zero attached hydrogens (tertiary/aromatic N) is 2. The maximum absolute atomic E-state index is 12.9. The van der Waals surface area contributed by atoms with Crippen molar-refractivity contribution in [2.75, 3.05) is 25.9 Å². The monoisotopic (exact) mass is 434 g/mol. The normalized spacial score (nSPS) is 17.7. The Labute approximate surface area is 172 Å². The average Bonchev–Trinajstić information content (AvgIpc) is 2.65. The van der Waals surface area contributed by atoms with Crippen molar-refractivity contribution in [1.82, 2.24) is 9.21 Å². The first-order chi connectivity index (χ1) is 12.7. The van der Waals surface area contributed by atoms with Gasteiger partial charge in [0.2, 0.25) is 15.9 Å². The number of piperidine rings is 1. The molecule has 1 aliphatic rings. The molecule has 1 fully saturated rings. The molecule has 0 saturated carbocycles. The minimum absolute atomic E-state index is 0.0270. The van der Waals surface area contributed by atoms with Crippen LogP contribution in [0.15, 0.2) is 18.2 Å². The van der Waals surface area contributed by atoms with Crippen molar-refractivity contribution >= 4 is 39.1 Å². The van der Waals surface area contributed by atoms with Gasteiger partial charge in [-0.1, -0.05) is 42.6 Å². The molecule has 0 radical (unpaired) electrons. The predicted octanol–water partition coefficient (Wildman–Crippen LogP) is 4.35. The largest absolute Gasteiger partial charge is 0.339 e. The van der Waals surface area contributed by atoms with Crippen LogP contribution in [0.2, 0.25) is 10.0 Å². The van der Waals surface area contributed by atoms with Crippen LogP contribution in [-0.2, 0) is 14.8 Å². The number of sulfonamides is 1. The summed E-state index contributed by atoms with van der Waals surface area (Å²) in [6.45, 7) is 4.72. The van der Waals surface area contributed by atoms with E-state index in [0.717, 1.165) is 12.0 Å². The van der Waals surface area contributed by atoms with Crippen molar-refractivity contribution in [3.8, 4) is 0 Å². The van der Waals surface area contributed by atoms with E-state index in [9.17, 15) is 13.2 Å². The maximum atomic E-state index is 12.9. The fraction of sp³-hybridized carbons (Fsp3) is 0.632. The van der Waals surface area contributed by atoms with Crippen molar-refractivity contribution in [3.63, 3.8) is 0 Å². The molecule has 1 heterocycles. The summed E-state index contributed by atoms with van der Waals surface area (Å²) in [7, 11) is -1.44. The summed E-state index contributed by atoms with van der Waals surface area (Å²) in [5.74, 6) is 0.0500. The van der Waals surface area contributed by atoms with Crippen LogP contribution in [0, 0.1) is 5.92 Å². The molecule has 1 amide bonds. The molecular weight excluding hydrogens is 407 g/mol. The molecule has 1 aromatic rings. The Morgan fingerprint density at radius 1 is 1.30 bits per heavy atom. The van der Waals surface area contributed by atoms with Gasteiger partial charge in [0.15, 0.2) is 0 Å². The zero-order valence-corrected chi connectivity index (χ0v) is 18.4. The number of hydrogen-bond donors (Lipinski definition) is 0. The fourth-order valence-electron chi connectivity index (χ4n) is 3.36. The quantitative estimate of drug-likeness (QED) is 0.640. The van der Waals surface area contributed by atoms with Crippen molar-refractivity contribution < 1.29 is 13.2 Å². The maximum Gasteiger partial charge on any atom is 0.226 e. The summed E-state index contributed by atoms with van der Waals surface area (Å²) in [5.41, 5.74) is 0.844. The highest BCUT2D eigenvalue weighted by molar-refractivity contribution is 7.89. The number of unbranched alkanes of at least 4 members (excludes halogenated alkanes) is 1. The average molecular weight is 435 g/mol. The van der Waals surface area contributed by atoms with Gasteiger partial charge in [-0.05, 0) is 43.9 Å². The Hall–Kier alpha value is -0.820. The molecule has 27 heavy (non-hydrogen) atoms. The number of carbonyl (C=O) groups is 1. The number of benzene rings is 1. The van der Waals surface area contributed by atoms with Gasteiger partial charge in [0.25, 0.3) is 0 Å². The smallest absolute Gasteiger partial charge is 0.226 e. The number of halogens is 2. The standard InChI is InChI=1S/C19H28Cl2N2O3S/c1-4-5-12-27(25,26)23-10-8-15(9-11-23)19(24)22(3)14(2)17-7-6-16(20)13-18(17)21/h6-7,13-15H,4-5,8-12H2,1-3H3. The summed E-state index contributed by atoms with van der Waals surface area (Å²) in [6, 6.07) is 5.08. The molecule has 152 valence electrons. The molecule has 1 saturated heterocycles. The summed E-state index contributed by atoms with van der Waals surface area (Å²) in [4.78, 5) is 14.6. The van der Waals surface area contributed by atoms with Crippen molar-refractivity contribution in [3.05, 3.63) is 33.8 Å². The van der Waals surface area contributed by atoms with E-state index in [1.54, 1.807) is 24.1 Å². The van der Waals surface area contributed by atoms with Crippen LogP contribution < -0.4 is 0 Å². The minimum atomic E-state index is -3.21. The lowest BCUT2D eigenvalue weighted by atomic mass is 9.95. The Morgan fingerprint density at radius 2 is 1.93 bits per heavy atom. The van der Waals surface area contributed by atoms with E-state index in [1.807, 2.05) is 19.9 Å². The molecule has 1 unspecified atom stereocenters. The minimum Gasteiger partial charge on any atom is -0.339 e. The lowest BCUT2D eigenvalue weighted by Crippen LogP contribution is -2.44. The van der Waals surface area contributed by atoms with Gasteiger partial charge in [-0.2, -0.15) is 0 Å². The molecule has 5 nitrogen and oxygen atoms in total. The molecule has 0 aliphatic carbocycles. The van der Waals surface area contributed by atoms with Gasteiger partial charge < -0.3 is 4.90 Å². The number of carbonyl (C=O) groups excluding carboxylic acids is 1. The first-order valence-electron chi connectivity index (χ1n) is 9.36. The zero-order valence-electron chi connectivity index (χ0n) is 16.1. The van der Waals surface area contributed by atoms with E-state index >= 15 is 0 Å². The highest BCUT2D eigenvalue weighted by Gasteiger charge is 2.33. The molecular formula is C19H28Cl2N2O3S. The third-order valence-electron chi connectivity index (χ3n) is 5.29. The van der Waals surface area contributed by atoms with Gasteiger partial charge in [-0.3, -0.25) is 4.79 Å². The Balaban J connectivity index is 1.98. The van der Waals surface area contributed by atoms with E-state index in [0.29, 0.717) is 42.4 Å². The van der Waals surface area contributed by atoms with Crippen LogP contribution in [0.5, 0.6) is 0 Å². The molecule has 0 N–H and O–H groups in total. The Bertz CT molecular complexity index is 762. The van der Waals surface area contributed by atoms with Crippen molar-refractivity contribution in [1.29, 1.82) is 0 Å². The molecule has 1 atom stereocenters. The van der Waals surface area contributed by atoms with Gasteiger partial charge >= 0.3 is 0 Å². The van der Waals surface area contributed by atoms with E-state index in [4.69, 9.17) is 23.2 Å². The van der Waals surface area contributed by atoms with Crippen LogP contribution in [0.4, 0.5) is 0 Å². The topological polar surface area (TPSA) is 57.7 Å². The Kier molecular flexibility index (Phi) is 7.98. The number of hydrogen-bond acceptors (Lipinski definition) is 3. The van der Waals surface area contributed by atoms with Gasteiger partial charge in [-0.15, -0.1) is 0 Å². The summed E-state index contributed by atoms with van der Waals surface area (Å²) in [5, 5.41) is 1.09. The number of amides is 1. The zero-order chi connectivity index (χ0) is 20.2. The summed E-state index contributed by atoms with van der Waals surface area (Å²) >= 11 is 12.2. The fourth-order valence-corrected chi connectivity index (χ4v) is 5.61. The van der Waals surface area contributed by atoms with E-state index in [1.165, 1.54) is 4.31 Å². The van der Waals surface area contributed by atoms with E-state index in [2.05, 4.69) is 0 Å². The lowest BCUT2D eigenvalue weighted by molar-refractivity contribution is -0.137. The van der Waals surface area contributed by atoms with Crippen molar-refractivity contribution in [2.45, 2.75) is 45.6 Å². The van der Waals surface area contributed by atoms with Crippen LogP contribution in [0.3, 0.4) is 0 Å². The third kappa shape index (κ3) is 5.59. The predicted molar refractivity (Wildman–Crippen MR) is 111 cm³/mol. The highest BCUT2D eigenvalue weighted by atomic mass is 35.5. The van der Waals surface area contributed by atoms with Crippen LogP contribution in [-0.4, -0.2) is 49.4 Å². The highest BCUT2D eigenvalue weighted by Crippen LogP contribution is 2.31. The second kappa shape index (κ2) is 9.59. The van der Waals surface area contributed by atoms with Crippen LogP contribution in [0.1, 0.15) is 51.1 Å². The van der Waals surface area contributed by atoms with Gasteiger partial charge in [0.1, 0.15) is 0 Å². The van der Waals surface area contributed by atoms with Crippen LogP contribution in [0.25, 0.3) is 0 Å². The molecule has 1 aromatic carbocycles. The SMILES string of the molecule is CCCCS(=O)(=O)N1CCC(C(=O)N(C)C(C)c2ccc(Cl)cc2Cl)CC1. The van der Waals surface area contributed by atoms with Gasteiger partial charge in [0.05, 0.1) is 11.8 Å². The Morgan fingerprint density at radius 3 is 2.48 bits per heavy atom. The summed E-state index contributed by atoms with van der Waals surface area (Å²) < 4.78 is 26.2. The third-order valence-corrected chi connectivity index (χ3v) is 7.81. The van der Waals surface area contributed by atoms with Crippen LogP contribution >= 0.6 is 23.2 Å². The molecule has 1 aliphatic heterocycles. The molecule has 0 aromatic heterocycles. The lowest BCUT2D eigenvalue weighted by Gasteiger charge is -2.34. The van der Waals surface area contributed by atoms with E-state index < -0.39 is 10.0 Å². The molecule has 0 bridgehead atoms. The first kappa shape index (κ1) is 22.5. The molecule has 8 heteroatoms. The number of rotatable bonds is 7.